The number of hydrogen-bond acceptors (Lipinski definition) is 4. The van der Waals surface area contributed by atoms with Crippen molar-refractivity contribution in [1.29, 1.82) is 0 Å². The van der Waals surface area contributed by atoms with Gasteiger partial charge in [0.2, 0.25) is 5.12 Å². The highest BCUT2D eigenvalue weighted by molar-refractivity contribution is 8.13. The van der Waals surface area contributed by atoms with Gasteiger partial charge in [-0.1, -0.05) is 18.7 Å². The van der Waals surface area contributed by atoms with Gasteiger partial charge in [0.15, 0.2) is 0 Å². The van der Waals surface area contributed by atoms with Crippen LogP contribution in [0.15, 0.2) is 0 Å². The summed E-state index contributed by atoms with van der Waals surface area (Å²) in [5.74, 6) is -1.94. The molecule has 0 spiro atoms. The Balaban J connectivity index is 0. The van der Waals surface area contributed by atoms with Crippen LogP contribution in [0.1, 0.15) is 13.8 Å². The second-order valence-corrected chi connectivity index (χ2v) is 3.61. The molecule has 0 aliphatic heterocycles. The first kappa shape index (κ1) is 16.7. The molecule has 0 unspecified atom stereocenters. The maximum absolute atomic E-state index is 10.6. The molecule has 0 saturated heterocycles. The molecule has 0 fully saturated rings. The highest BCUT2D eigenvalue weighted by Crippen LogP contribution is 2.13. The molecule has 3 N–H and O–H groups in total. The van der Waals surface area contributed by atoms with Gasteiger partial charge < -0.3 is 10.8 Å². The normalized spacial score (nSPS) is 12.4. The van der Waals surface area contributed by atoms with E-state index in [0.29, 0.717) is 0 Å². The molecule has 0 radical (unpaired) electrons. The average Bonchev–Trinajstić information content (AvgIpc) is 2.03. The lowest BCUT2D eigenvalue weighted by atomic mass is 10.4. The molecular weight excluding hydrogens is 235 g/mol. The van der Waals surface area contributed by atoms with Gasteiger partial charge in [-0.15, -0.1) is 0 Å². The van der Waals surface area contributed by atoms with Crippen LogP contribution in [0.4, 0.5) is 13.2 Å². The third kappa shape index (κ3) is 11.2. The standard InChI is InChI=1S/C5H11NOS.C2HF3O2/c1-3-8-5(7)4(2)6;3-2(4,5)1(6)7/h4H,3,6H2,1-2H3;(H,6,7)/t4-;/m0./s1. The Kier molecular flexibility index (Phi) is 8.35. The molecule has 8 heteroatoms. The molecule has 0 aromatic carbocycles. The minimum absolute atomic E-state index is 0.0764. The van der Waals surface area contributed by atoms with Crippen LogP contribution >= 0.6 is 11.8 Å². The summed E-state index contributed by atoms with van der Waals surface area (Å²) in [6, 6.07) is -0.306. The number of carbonyl (C=O) groups is 2. The number of alkyl halides is 3. The summed E-state index contributed by atoms with van der Waals surface area (Å²) in [4.78, 5) is 19.5. The van der Waals surface area contributed by atoms with Crippen molar-refractivity contribution in [2.75, 3.05) is 5.75 Å². The van der Waals surface area contributed by atoms with Gasteiger partial charge >= 0.3 is 12.1 Å². The van der Waals surface area contributed by atoms with Crippen LogP contribution < -0.4 is 5.73 Å². The van der Waals surface area contributed by atoms with E-state index >= 15 is 0 Å². The third-order valence-electron chi connectivity index (χ3n) is 0.901. The molecule has 4 nitrogen and oxygen atoms in total. The molecule has 0 aromatic heterocycles. The van der Waals surface area contributed by atoms with Gasteiger partial charge in [0, 0.05) is 0 Å². The SMILES string of the molecule is CCSC(=O)[C@H](C)N.O=C(O)C(F)(F)F. The number of carboxylic acid groups (broad SMARTS) is 1. The second kappa shape index (κ2) is 7.52. The number of aliphatic carboxylic acids is 1. The van der Waals surface area contributed by atoms with E-state index in [9.17, 15) is 18.0 Å². The minimum Gasteiger partial charge on any atom is -0.475 e. The van der Waals surface area contributed by atoms with E-state index in [4.69, 9.17) is 15.6 Å². The van der Waals surface area contributed by atoms with Crippen molar-refractivity contribution >= 4 is 22.8 Å². The summed E-state index contributed by atoms with van der Waals surface area (Å²) in [5, 5.41) is 7.20. The van der Waals surface area contributed by atoms with Gasteiger partial charge in [-0.25, -0.2) is 4.79 Å². The van der Waals surface area contributed by atoms with E-state index in [0.717, 1.165) is 5.75 Å². The molecule has 0 aliphatic carbocycles. The van der Waals surface area contributed by atoms with E-state index in [1.165, 1.54) is 11.8 Å². The van der Waals surface area contributed by atoms with E-state index in [1.807, 2.05) is 6.92 Å². The zero-order chi connectivity index (χ0) is 12.6. The fraction of sp³-hybridized carbons (Fsp3) is 0.714. The Labute approximate surface area is 89.0 Å². The number of hydrogen-bond donors (Lipinski definition) is 2. The summed E-state index contributed by atoms with van der Waals surface area (Å²) in [6.07, 6.45) is -5.08. The van der Waals surface area contributed by atoms with Crippen molar-refractivity contribution in [1.82, 2.24) is 0 Å². The summed E-state index contributed by atoms with van der Waals surface area (Å²) in [6.45, 7) is 3.63. The fourth-order valence-corrected chi connectivity index (χ4v) is 0.821. The van der Waals surface area contributed by atoms with Gasteiger partial charge in [-0.3, -0.25) is 4.79 Å². The summed E-state index contributed by atoms with van der Waals surface area (Å²) >= 11 is 1.28. The van der Waals surface area contributed by atoms with Crippen LogP contribution in [0.3, 0.4) is 0 Å². The van der Waals surface area contributed by atoms with E-state index in [-0.39, 0.29) is 11.2 Å². The predicted octanol–water partition coefficient (Wildman–Crippen LogP) is 1.25. The van der Waals surface area contributed by atoms with Crippen LogP contribution in [0.25, 0.3) is 0 Å². The zero-order valence-electron chi connectivity index (χ0n) is 8.17. The molecule has 0 aromatic rings. The number of nitrogens with two attached hydrogens (primary N) is 1. The second-order valence-electron chi connectivity index (χ2n) is 2.34. The van der Waals surface area contributed by atoms with Crippen LogP contribution in [-0.2, 0) is 9.59 Å². The Morgan fingerprint density at radius 3 is 1.87 bits per heavy atom. The molecule has 0 rings (SSSR count). The molecule has 1 atom stereocenters. The highest BCUT2D eigenvalue weighted by atomic mass is 32.2. The molecule has 0 bridgehead atoms. The maximum atomic E-state index is 10.6. The fourth-order valence-electron chi connectivity index (χ4n) is 0.274. The predicted molar refractivity (Wildman–Crippen MR) is 50.5 cm³/mol. The maximum Gasteiger partial charge on any atom is 0.490 e. The topological polar surface area (TPSA) is 80.4 Å². The molecule has 0 saturated carbocycles. The van der Waals surface area contributed by atoms with Crippen molar-refractivity contribution in [3.8, 4) is 0 Å². The van der Waals surface area contributed by atoms with Gasteiger partial charge in [0.1, 0.15) is 0 Å². The van der Waals surface area contributed by atoms with Crippen molar-refractivity contribution in [3.05, 3.63) is 0 Å². The smallest absolute Gasteiger partial charge is 0.475 e. The van der Waals surface area contributed by atoms with Crippen LogP contribution in [0.5, 0.6) is 0 Å². The van der Waals surface area contributed by atoms with Crippen molar-refractivity contribution in [2.24, 2.45) is 5.73 Å². The zero-order valence-corrected chi connectivity index (χ0v) is 8.98. The third-order valence-corrected chi connectivity index (χ3v) is 1.85. The first-order valence-corrected chi connectivity index (χ1v) is 4.83. The van der Waals surface area contributed by atoms with Gasteiger partial charge in [0.05, 0.1) is 6.04 Å². The lowest BCUT2D eigenvalue weighted by Gasteiger charge is -1.98. The molecule has 90 valence electrons. The number of thioether (sulfide) groups is 1. The quantitative estimate of drug-likeness (QED) is 0.767. The minimum atomic E-state index is -5.08. The van der Waals surface area contributed by atoms with Crippen molar-refractivity contribution < 1.29 is 27.9 Å². The highest BCUT2D eigenvalue weighted by Gasteiger charge is 2.38. The van der Waals surface area contributed by atoms with E-state index in [1.54, 1.807) is 6.92 Å². The van der Waals surface area contributed by atoms with Gasteiger partial charge in [0.25, 0.3) is 0 Å². The van der Waals surface area contributed by atoms with Crippen molar-refractivity contribution in [3.63, 3.8) is 0 Å². The van der Waals surface area contributed by atoms with Crippen LogP contribution in [0, 0.1) is 0 Å². The van der Waals surface area contributed by atoms with Crippen molar-refractivity contribution in [2.45, 2.75) is 26.1 Å². The number of carbonyl (C=O) groups excluding carboxylic acids is 1. The Morgan fingerprint density at radius 1 is 1.47 bits per heavy atom. The van der Waals surface area contributed by atoms with Crippen LogP contribution in [0.2, 0.25) is 0 Å². The number of carboxylic acids is 1. The number of halogens is 3. The molecule has 15 heavy (non-hydrogen) atoms. The van der Waals surface area contributed by atoms with Gasteiger partial charge in [-0.05, 0) is 12.7 Å². The number of rotatable bonds is 2. The summed E-state index contributed by atoms with van der Waals surface area (Å²) < 4.78 is 31.7. The lowest BCUT2D eigenvalue weighted by Crippen LogP contribution is -2.23. The van der Waals surface area contributed by atoms with Gasteiger partial charge in [-0.2, -0.15) is 13.2 Å². The van der Waals surface area contributed by atoms with E-state index in [2.05, 4.69) is 0 Å². The Morgan fingerprint density at radius 2 is 1.80 bits per heavy atom. The average molecular weight is 247 g/mol. The Bertz CT molecular complexity index is 218. The molecular formula is C7H12F3NO3S. The first-order valence-electron chi connectivity index (χ1n) is 3.85. The van der Waals surface area contributed by atoms with E-state index < -0.39 is 12.1 Å². The molecule has 0 heterocycles. The summed E-state index contributed by atoms with van der Waals surface area (Å²) in [7, 11) is 0. The Hall–Kier alpha value is -0.760. The molecule has 0 aliphatic rings. The van der Waals surface area contributed by atoms with Crippen LogP contribution in [-0.4, -0.2) is 34.2 Å². The first-order chi connectivity index (χ1) is 6.62. The summed E-state index contributed by atoms with van der Waals surface area (Å²) in [5.41, 5.74) is 5.25. The largest absolute Gasteiger partial charge is 0.490 e. The molecule has 0 amide bonds. The lowest BCUT2D eigenvalue weighted by molar-refractivity contribution is -0.192. The monoisotopic (exact) mass is 247 g/mol.